The van der Waals surface area contributed by atoms with Crippen LogP contribution in [-0.4, -0.2) is 97.9 Å². The average molecular weight is 363 g/mol. The smallest absolute Gasteiger partial charge is 0.330 e. The molecular formula is C16H29NO8. The standard InChI is InChI=1S/C16H29NO8/c1-4-13(20)24-8-11(19)7-17-14-10(2)25-12(9-23-6-5-18)16(22-3)15(14)21/h4,10-12,14-19,21H,1,5-9H2,2-3H3/t10-,11?,12?,14?,15-,16-/m0/s1. The summed E-state index contributed by atoms with van der Waals surface area (Å²) in [6, 6.07) is -0.483. The van der Waals surface area contributed by atoms with Crippen molar-refractivity contribution in [3.8, 4) is 0 Å². The summed E-state index contributed by atoms with van der Waals surface area (Å²) < 4.78 is 21.2. The summed E-state index contributed by atoms with van der Waals surface area (Å²) in [7, 11) is 1.47. The molecule has 1 heterocycles. The van der Waals surface area contributed by atoms with E-state index in [9.17, 15) is 15.0 Å². The SMILES string of the molecule is C=CC(=O)OCC(O)CNC1[C@H](C)OC(COCCO)[C@H](OC)[C@H]1O. The molecule has 9 heteroatoms. The van der Waals surface area contributed by atoms with Gasteiger partial charge in [-0.3, -0.25) is 0 Å². The van der Waals surface area contributed by atoms with Crippen molar-refractivity contribution in [2.75, 3.05) is 40.1 Å². The van der Waals surface area contributed by atoms with Crippen molar-refractivity contribution in [2.24, 2.45) is 0 Å². The maximum absolute atomic E-state index is 11.0. The van der Waals surface area contributed by atoms with E-state index in [4.69, 9.17) is 24.1 Å². The van der Waals surface area contributed by atoms with Gasteiger partial charge in [0.2, 0.25) is 0 Å². The van der Waals surface area contributed by atoms with E-state index in [1.807, 2.05) is 0 Å². The van der Waals surface area contributed by atoms with Gasteiger partial charge in [0.05, 0.1) is 32.0 Å². The number of nitrogens with one attached hydrogen (secondary N) is 1. The molecule has 4 N–H and O–H groups in total. The Kier molecular flexibility index (Phi) is 10.1. The summed E-state index contributed by atoms with van der Waals surface area (Å²) in [6.07, 6.45) is -2.27. The second kappa shape index (κ2) is 11.5. The fourth-order valence-corrected chi connectivity index (χ4v) is 2.68. The minimum Gasteiger partial charge on any atom is -0.460 e. The van der Waals surface area contributed by atoms with Crippen molar-refractivity contribution < 1.29 is 39.1 Å². The molecule has 1 fully saturated rings. The maximum Gasteiger partial charge on any atom is 0.330 e. The normalized spacial score (nSPS) is 30.7. The van der Waals surface area contributed by atoms with Crippen LogP contribution in [0.1, 0.15) is 6.92 Å². The second-order valence-electron chi connectivity index (χ2n) is 5.79. The van der Waals surface area contributed by atoms with Crippen LogP contribution in [0.3, 0.4) is 0 Å². The van der Waals surface area contributed by atoms with Crippen molar-refractivity contribution in [3.05, 3.63) is 12.7 Å². The molecule has 0 amide bonds. The molecule has 0 radical (unpaired) electrons. The van der Waals surface area contributed by atoms with Crippen LogP contribution in [0, 0.1) is 0 Å². The number of aliphatic hydroxyl groups is 3. The molecule has 1 rings (SSSR count). The summed E-state index contributed by atoms with van der Waals surface area (Å²) in [5.74, 6) is -0.612. The zero-order chi connectivity index (χ0) is 18.8. The molecule has 0 saturated carbocycles. The fourth-order valence-electron chi connectivity index (χ4n) is 2.68. The highest BCUT2D eigenvalue weighted by Gasteiger charge is 2.43. The number of aliphatic hydroxyl groups excluding tert-OH is 3. The molecule has 146 valence electrons. The summed E-state index contributed by atoms with van der Waals surface area (Å²) >= 11 is 0. The lowest BCUT2D eigenvalue weighted by Gasteiger charge is -2.43. The molecule has 0 spiro atoms. The zero-order valence-electron chi connectivity index (χ0n) is 14.7. The van der Waals surface area contributed by atoms with E-state index in [0.717, 1.165) is 6.08 Å². The van der Waals surface area contributed by atoms with Crippen molar-refractivity contribution in [1.82, 2.24) is 5.32 Å². The van der Waals surface area contributed by atoms with Gasteiger partial charge < -0.3 is 39.6 Å². The first-order valence-corrected chi connectivity index (χ1v) is 8.20. The van der Waals surface area contributed by atoms with E-state index in [-0.39, 0.29) is 39.1 Å². The number of esters is 1. The predicted octanol–water partition coefficient (Wildman–Crippen LogP) is -1.79. The number of hydrogen-bond donors (Lipinski definition) is 4. The Morgan fingerprint density at radius 1 is 1.48 bits per heavy atom. The number of carbonyl (C=O) groups is 1. The lowest BCUT2D eigenvalue weighted by Crippen LogP contribution is -2.63. The van der Waals surface area contributed by atoms with E-state index in [2.05, 4.69) is 11.9 Å². The monoisotopic (exact) mass is 363 g/mol. The van der Waals surface area contributed by atoms with Crippen molar-refractivity contribution in [3.63, 3.8) is 0 Å². The molecule has 0 bridgehead atoms. The van der Waals surface area contributed by atoms with Gasteiger partial charge in [-0.15, -0.1) is 0 Å². The van der Waals surface area contributed by atoms with Crippen LogP contribution in [0.4, 0.5) is 0 Å². The van der Waals surface area contributed by atoms with Gasteiger partial charge in [0.15, 0.2) is 0 Å². The molecule has 9 nitrogen and oxygen atoms in total. The van der Waals surface area contributed by atoms with Gasteiger partial charge in [-0.25, -0.2) is 4.79 Å². The lowest BCUT2D eigenvalue weighted by atomic mass is 9.93. The van der Waals surface area contributed by atoms with E-state index in [0.29, 0.717) is 0 Å². The third-order valence-electron chi connectivity index (χ3n) is 3.93. The number of rotatable bonds is 11. The first-order valence-electron chi connectivity index (χ1n) is 8.20. The van der Waals surface area contributed by atoms with Crippen LogP contribution in [-0.2, 0) is 23.7 Å². The third kappa shape index (κ3) is 6.98. The van der Waals surface area contributed by atoms with Gasteiger partial charge in [0.25, 0.3) is 0 Å². The van der Waals surface area contributed by atoms with Crippen LogP contribution < -0.4 is 5.32 Å². The topological polar surface area (TPSA) is 127 Å². The van der Waals surface area contributed by atoms with Crippen LogP contribution in [0.5, 0.6) is 0 Å². The Morgan fingerprint density at radius 3 is 2.80 bits per heavy atom. The molecule has 1 saturated heterocycles. The Bertz CT molecular complexity index is 408. The van der Waals surface area contributed by atoms with Gasteiger partial charge in [-0.1, -0.05) is 6.58 Å². The summed E-state index contributed by atoms with van der Waals surface area (Å²) in [4.78, 5) is 11.0. The Hall–Kier alpha value is -1.07. The highest BCUT2D eigenvalue weighted by atomic mass is 16.6. The highest BCUT2D eigenvalue weighted by molar-refractivity contribution is 5.81. The largest absolute Gasteiger partial charge is 0.460 e. The maximum atomic E-state index is 11.0. The summed E-state index contributed by atoms with van der Waals surface area (Å²) in [5, 5.41) is 32.2. The van der Waals surface area contributed by atoms with Crippen LogP contribution in [0.25, 0.3) is 0 Å². The molecule has 1 aliphatic rings. The molecule has 0 aromatic heterocycles. The number of methoxy groups -OCH3 is 1. The molecule has 3 unspecified atom stereocenters. The molecular weight excluding hydrogens is 334 g/mol. The van der Waals surface area contributed by atoms with E-state index in [1.165, 1.54) is 7.11 Å². The molecule has 25 heavy (non-hydrogen) atoms. The minimum atomic E-state index is -0.935. The van der Waals surface area contributed by atoms with Gasteiger partial charge in [-0.2, -0.15) is 0 Å². The molecule has 1 aliphatic heterocycles. The van der Waals surface area contributed by atoms with E-state index >= 15 is 0 Å². The average Bonchev–Trinajstić information content (AvgIpc) is 2.59. The summed E-state index contributed by atoms with van der Waals surface area (Å²) in [5.41, 5.74) is 0. The van der Waals surface area contributed by atoms with Gasteiger partial charge >= 0.3 is 5.97 Å². The Labute approximate surface area is 147 Å². The van der Waals surface area contributed by atoms with Gasteiger partial charge in [0, 0.05) is 19.7 Å². The Morgan fingerprint density at radius 2 is 2.20 bits per heavy atom. The molecule has 0 aliphatic carbocycles. The fraction of sp³-hybridized carbons (Fsp3) is 0.812. The number of carbonyl (C=O) groups excluding carboxylic acids is 1. The Balaban J connectivity index is 2.51. The van der Waals surface area contributed by atoms with Gasteiger partial charge in [-0.05, 0) is 6.92 Å². The molecule has 0 aromatic rings. The quantitative estimate of drug-likeness (QED) is 0.191. The summed E-state index contributed by atoms with van der Waals surface area (Å²) in [6.45, 7) is 5.25. The molecule has 6 atom stereocenters. The zero-order valence-corrected chi connectivity index (χ0v) is 14.7. The first-order chi connectivity index (χ1) is 11.9. The van der Waals surface area contributed by atoms with Gasteiger partial charge in [0.1, 0.15) is 31.0 Å². The molecule has 0 aromatic carbocycles. The van der Waals surface area contributed by atoms with Crippen LogP contribution in [0.2, 0.25) is 0 Å². The van der Waals surface area contributed by atoms with Crippen molar-refractivity contribution in [1.29, 1.82) is 0 Å². The minimum absolute atomic E-state index is 0.0963. The second-order valence-corrected chi connectivity index (χ2v) is 5.79. The third-order valence-corrected chi connectivity index (χ3v) is 3.93. The number of ether oxygens (including phenoxy) is 4. The first kappa shape index (κ1) is 22.0. The van der Waals surface area contributed by atoms with Crippen LogP contribution in [0.15, 0.2) is 12.7 Å². The van der Waals surface area contributed by atoms with E-state index in [1.54, 1.807) is 6.92 Å². The van der Waals surface area contributed by atoms with Crippen LogP contribution >= 0.6 is 0 Å². The number of hydrogen-bond acceptors (Lipinski definition) is 9. The lowest BCUT2D eigenvalue weighted by molar-refractivity contribution is -0.204. The predicted molar refractivity (Wildman–Crippen MR) is 88.0 cm³/mol. The van der Waals surface area contributed by atoms with Crippen molar-refractivity contribution >= 4 is 5.97 Å². The van der Waals surface area contributed by atoms with E-state index < -0.39 is 36.4 Å². The van der Waals surface area contributed by atoms with Crippen molar-refractivity contribution in [2.45, 2.75) is 43.5 Å². The highest BCUT2D eigenvalue weighted by Crippen LogP contribution is 2.23.